The van der Waals surface area contributed by atoms with Gasteiger partial charge in [0.15, 0.2) is 18.1 Å². The van der Waals surface area contributed by atoms with Gasteiger partial charge in [0.1, 0.15) is 0 Å². The summed E-state index contributed by atoms with van der Waals surface area (Å²) >= 11 is 12.7. The van der Waals surface area contributed by atoms with Gasteiger partial charge in [0.25, 0.3) is 5.91 Å². The largest absolute Gasteiger partial charge is 0.490 e. The minimum atomic E-state index is -0.281. The number of aryl methyl sites for hydroxylation is 1. The minimum absolute atomic E-state index is 0.187. The first-order valence-electron chi connectivity index (χ1n) is 10.3. The lowest BCUT2D eigenvalue weighted by Gasteiger charge is -2.16. The summed E-state index contributed by atoms with van der Waals surface area (Å²) in [4.78, 5) is 12.3. The molecule has 0 bridgehead atoms. The molecule has 0 aromatic heterocycles. The van der Waals surface area contributed by atoms with Crippen LogP contribution in [0.1, 0.15) is 23.6 Å². The predicted molar refractivity (Wildman–Crippen MR) is 131 cm³/mol. The lowest BCUT2D eigenvalue weighted by atomic mass is 10.1. The van der Waals surface area contributed by atoms with Crippen molar-refractivity contribution >= 4 is 40.5 Å². The van der Waals surface area contributed by atoms with E-state index in [1.54, 1.807) is 6.07 Å². The number of nitrogens with one attached hydrogen (secondary N) is 2. The van der Waals surface area contributed by atoms with Gasteiger partial charge in [0, 0.05) is 22.9 Å². The number of anilines is 2. The van der Waals surface area contributed by atoms with Gasteiger partial charge in [0.05, 0.1) is 11.6 Å². The maximum atomic E-state index is 12.3. The van der Waals surface area contributed by atoms with Crippen LogP contribution >= 0.6 is 23.2 Å². The normalized spacial score (nSPS) is 10.5. The van der Waals surface area contributed by atoms with E-state index < -0.39 is 0 Å². The second-order valence-corrected chi connectivity index (χ2v) is 8.12. The van der Waals surface area contributed by atoms with E-state index in [-0.39, 0.29) is 12.5 Å². The van der Waals surface area contributed by atoms with E-state index in [4.69, 9.17) is 32.7 Å². The second-order valence-electron chi connectivity index (χ2n) is 7.31. The number of hydrogen-bond acceptors (Lipinski definition) is 4. The molecule has 0 aliphatic heterocycles. The molecule has 3 rings (SSSR count). The number of hydrogen-bond donors (Lipinski definition) is 2. The topological polar surface area (TPSA) is 59.6 Å². The highest BCUT2D eigenvalue weighted by Gasteiger charge is 2.15. The number of ether oxygens (including phenoxy) is 2. The fraction of sp³-hybridized carbons (Fsp3) is 0.240. The van der Waals surface area contributed by atoms with Crippen LogP contribution in [0.25, 0.3) is 0 Å². The molecule has 7 heteroatoms. The molecule has 3 aromatic rings. The molecular formula is C25H26Cl2N2O3. The van der Waals surface area contributed by atoms with Gasteiger partial charge in [-0.25, -0.2) is 0 Å². The van der Waals surface area contributed by atoms with Crippen molar-refractivity contribution in [3.8, 4) is 11.5 Å². The van der Waals surface area contributed by atoms with E-state index in [1.807, 2.05) is 69.3 Å². The molecule has 0 saturated carbocycles. The summed E-state index contributed by atoms with van der Waals surface area (Å²) in [6.07, 6.45) is 0. The molecule has 32 heavy (non-hydrogen) atoms. The predicted octanol–water partition coefficient (Wildman–Crippen LogP) is 6.64. The number of benzene rings is 3. The summed E-state index contributed by atoms with van der Waals surface area (Å²) < 4.78 is 11.5. The molecule has 5 nitrogen and oxygen atoms in total. The van der Waals surface area contributed by atoms with Crippen molar-refractivity contribution in [3.05, 3.63) is 81.3 Å². The SMILES string of the molecule is CCOc1cc(CNc2cccc(Cl)c2C)cc(Cl)c1OCC(=O)Nc1cccc(C)c1. The lowest BCUT2D eigenvalue weighted by molar-refractivity contribution is -0.118. The average Bonchev–Trinajstić information content (AvgIpc) is 2.74. The summed E-state index contributed by atoms with van der Waals surface area (Å²) in [6.45, 7) is 6.57. The Kier molecular flexibility index (Phi) is 8.26. The van der Waals surface area contributed by atoms with Gasteiger partial charge in [-0.15, -0.1) is 0 Å². The number of rotatable bonds is 9. The molecule has 0 aliphatic rings. The lowest BCUT2D eigenvalue weighted by Crippen LogP contribution is -2.20. The zero-order chi connectivity index (χ0) is 23.1. The summed E-state index contributed by atoms with van der Waals surface area (Å²) in [5.74, 6) is 0.551. The first kappa shape index (κ1) is 23.8. The van der Waals surface area contributed by atoms with Crippen LogP contribution in [0.15, 0.2) is 54.6 Å². The van der Waals surface area contributed by atoms with Gasteiger partial charge in [0.2, 0.25) is 0 Å². The van der Waals surface area contributed by atoms with E-state index in [0.29, 0.717) is 40.4 Å². The highest BCUT2D eigenvalue weighted by molar-refractivity contribution is 6.32. The molecule has 0 radical (unpaired) electrons. The number of halogens is 2. The Balaban J connectivity index is 1.69. The van der Waals surface area contributed by atoms with Crippen LogP contribution < -0.4 is 20.1 Å². The molecule has 0 atom stereocenters. The number of amides is 1. The summed E-state index contributed by atoms with van der Waals surface area (Å²) in [6, 6.07) is 16.9. The van der Waals surface area contributed by atoms with Gasteiger partial charge in [-0.05, 0) is 73.9 Å². The first-order chi connectivity index (χ1) is 15.4. The first-order valence-corrected chi connectivity index (χ1v) is 11.1. The van der Waals surface area contributed by atoms with Crippen LogP contribution in [0.4, 0.5) is 11.4 Å². The van der Waals surface area contributed by atoms with E-state index in [9.17, 15) is 4.79 Å². The summed E-state index contributed by atoms with van der Waals surface area (Å²) in [5.41, 5.74) is 4.61. The Bertz CT molecular complexity index is 1100. The monoisotopic (exact) mass is 472 g/mol. The molecule has 0 heterocycles. The molecule has 3 aromatic carbocycles. The van der Waals surface area contributed by atoms with Crippen LogP contribution in [-0.2, 0) is 11.3 Å². The number of carbonyl (C=O) groups excluding carboxylic acids is 1. The van der Waals surface area contributed by atoms with Gasteiger partial charge in [-0.1, -0.05) is 41.4 Å². The highest BCUT2D eigenvalue weighted by atomic mass is 35.5. The maximum absolute atomic E-state index is 12.3. The summed E-state index contributed by atoms with van der Waals surface area (Å²) in [7, 11) is 0. The fourth-order valence-corrected chi connectivity index (χ4v) is 3.64. The van der Waals surface area contributed by atoms with Crippen molar-refractivity contribution in [1.82, 2.24) is 0 Å². The molecular weight excluding hydrogens is 447 g/mol. The molecule has 0 unspecified atom stereocenters. The molecule has 0 aliphatic carbocycles. The van der Waals surface area contributed by atoms with Crippen molar-refractivity contribution in [2.24, 2.45) is 0 Å². The van der Waals surface area contributed by atoms with E-state index >= 15 is 0 Å². The third-order valence-electron chi connectivity index (χ3n) is 4.77. The maximum Gasteiger partial charge on any atom is 0.262 e. The molecule has 168 valence electrons. The van der Waals surface area contributed by atoms with Crippen LogP contribution in [0, 0.1) is 13.8 Å². The summed E-state index contributed by atoms with van der Waals surface area (Å²) in [5, 5.41) is 7.26. The number of carbonyl (C=O) groups is 1. The average molecular weight is 473 g/mol. The Morgan fingerprint density at radius 2 is 1.75 bits per heavy atom. The Hall–Kier alpha value is -2.89. The van der Waals surface area contributed by atoms with Crippen LogP contribution in [0.2, 0.25) is 10.0 Å². The van der Waals surface area contributed by atoms with Gasteiger partial charge in [-0.3, -0.25) is 4.79 Å². The molecule has 0 spiro atoms. The smallest absolute Gasteiger partial charge is 0.262 e. The van der Waals surface area contributed by atoms with Crippen LogP contribution in [-0.4, -0.2) is 19.1 Å². The van der Waals surface area contributed by atoms with Gasteiger partial charge < -0.3 is 20.1 Å². The standard InChI is InChI=1S/C25H26Cl2N2O3/c1-4-31-23-13-18(14-28-22-10-6-9-20(26)17(22)3)12-21(27)25(23)32-15-24(30)29-19-8-5-7-16(2)11-19/h5-13,28H,4,14-15H2,1-3H3,(H,29,30). The van der Waals surface area contributed by atoms with Crippen molar-refractivity contribution in [2.75, 3.05) is 23.8 Å². The van der Waals surface area contributed by atoms with Crippen LogP contribution in [0.3, 0.4) is 0 Å². The van der Waals surface area contributed by atoms with Gasteiger partial charge >= 0.3 is 0 Å². The van der Waals surface area contributed by atoms with Gasteiger partial charge in [-0.2, -0.15) is 0 Å². The van der Waals surface area contributed by atoms with E-state index in [0.717, 1.165) is 22.4 Å². The van der Waals surface area contributed by atoms with Crippen molar-refractivity contribution < 1.29 is 14.3 Å². The Morgan fingerprint density at radius 3 is 2.50 bits per heavy atom. The third kappa shape index (κ3) is 6.31. The Labute approximate surface area is 198 Å². The molecule has 0 fully saturated rings. The third-order valence-corrected chi connectivity index (χ3v) is 5.46. The van der Waals surface area contributed by atoms with Crippen LogP contribution in [0.5, 0.6) is 11.5 Å². The van der Waals surface area contributed by atoms with Crippen molar-refractivity contribution in [3.63, 3.8) is 0 Å². The molecule has 0 saturated heterocycles. The second kappa shape index (κ2) is 11.1. The molecule has 1 amide bonds. The zero-order valence-electron chi connectivity index (χ0n) is 18.3. The fourth-order valence-electron chi connectivity index (χ4n) is 3.18. The van der Waals surface area contributed by atoms with Crippen molar-refractivity contribution in [1.29, 1.82) is 0 Å². The zero-order valence-corrected chi connectivity index (χ0v) is 19.8. The van der Waals surface area contributed by atoms with Crippen molar-refractivity contribution in [2.45, 2.75) is 27.3 Å². The highest BCUT2D eigenvalue weighted by Crippen LogP contribution is 2.37. The van der Waals surface area contributed by atoms with E-state index in [2.05, 4.69) is 10.6 Å². The minimum Gasteiger partial charge on any atom is -0.490 e. The Morgan fingerprint density at radius 1 is 0.969 bits per heavy atom. The molecule has 2 N–H and O–H groups in total. The quantitative estimate of drug-likeness (QED) is 0.366. The van der Waals surface area contributed by atoms with E-state index in [1.165, 1.54) is 0 Å².